The number of likely N-dealkylation sites (tertiary alicyclic amines) is 1. The summed E-state index contributed by atoms with van der Waals surface area (Å²) in [5.41, 5.74) is 2.85. The number of para-hydroxylation sites is 1. The Bertz CT molecular complexity index is 356. The maximum Gasteiger partial charge on any atom is 0.0372 e. The van der Waals surface area contributed by atoms with E-state index in [1.807, 2.05) is 0 Å². The Kier molecular flexibility index (Phi) is 2.83. The predicted molar refractivity (Wildman–Crippen MR) is 67.8 cm³/mol. The van der Waals surface area contributed by atoms with Gasteiger partial charge >= 0.3 is 0 Å². The van der Waals surface area contributed by atoms with Crippen LogP contribution in [0.1, 0.15) is 18.4 Å². The van der Waals surface area contributed by atoms with Crippen LogP contribution >= 0.6 is 0 Å². The van der Waals surface area contributed by atoms with E-state index in [0.29, 0.717) is 0 Å². The van der Waals surface area contributed by atoms with Crippen molar-refractivity contribution in [2.45, 2.75) is 19.3 Å². The van der Waals surface area contributed by atoms with Crippen LogP contribution in [0.15, 0.2) is 24.3 Å². The highest BCUT2D eigenvalue weighted by molar-refractivity contribution is 5.53. The van der Waals surface area contributed by atoms with Crippen LogP contribution in [-0.4, -0.2) is 31.1 Å². The summed E-state index contributed by atoms with van der Waals surface area (Å²) in [6, 6.07) is 8.73. The minimum Gasteiger partial charge on any atom is -0.384 e. The van der Waals surface area contributed by atoms with E-state index in [-0.39, 0.29) is 0 Å². The van der Waals surface area contributed by atoms with E-state index >= 15 is 0 Å². The Hall–Kier alpha value is -1.02. The molecule has 1 atom stereocenters. The summed E-state index contributed by atoms with van der Waals surface area (Å²) in [6.45, 7) is 5.06. The summed E-state index contributed by atoms with van der Waals surface area (Å²) in [4.78, 5) is 2.63. The molecule has 1 N–H and O–H groups in total. The number of fused-ring (bicyclic) bond motifs is 1. The number of nitrogens with zero attached hydrogens (tertiary/aromatic N) is 1. The van der Waals surface area contributed by atoms with Crippen molar-refractivity contribution in [2.24, 2.45) is 5.92 Å². The molecular weight excluding hydrogens is 196 g/mol. The first-order valence-corrected chi connectivity index (χ1v) is 6.46. The minimum absolute atomic E-state index is 0.799. The number of anilines is 1. The maximum absolute atomic E-state index is 3.56. The topological polar surface area (TPSA) is 15.3 Å². The molecule has 1 unspecified atom stereocenters. The van der Waals surface area contributed by atoms with Crippen LogP contribution in [0.2, 0.25) is 0 Å². The predicted octanol–water partition coefficient (Wildman–Crippen LogP) is 2.37. The molecule has 2 heterocycles. The molecule has 2 aliphatic rings. The van der Waals surface area contributed by atoms with E-state index in [9.17, 15) is 0 Å². The lowest BCUT2D eigenvalue weighted by Crippen LogP contribution is -2.34. The van der Waals surface area contributed by atoms with E-state index in [1.165, 1.54) is 50.1 Å². The number of rotatable bonds is 2. The Morgan fingerprint density at radius 1 is 1.19 bits per heavy atom. The van der Waals surface area contributed by atoms with Crippen molar-refractivity contribution in [1.82, 2.24) is 4.90 Å². The van der Waals surface area contributed by atoms with Gasteiger partial charge in [0.25, 0.3) is 0 Å². The first-order valence-electron chi connectivity index (χ1n) is 6.46. The number of hydrogen-bond acceptors (Lipinski definition) is 2. The highest BCUT2D eigenvalue weighted by Gasteiger charge is 2.21. The average Bonchev–Trinajstić information content (AvgIpc) is 2.82. The quantitative estimate of drug-likeness (QED) is 0.816. The molecule has 16 heavy (non-hydrogen) atoms. The van der Waals surface area contributed by atoms with Crippen molar-refractivity contribution in [2.75, 3.05) is 31.5 Å². The molecule has 3 rings (SSSR count). The van der Waals surface area contributed by atoms with Crippen molar-refractivity contribution < 1.29 is 0 Å². The molecule has 86 valence electrons. The SMILES string of the molecule is c1ccc2c(c1)CC(CN1CCCC1)CN2. The lowest BCUT2D eigenvalue weighted by Gasteiger charge is -2.29. The maximum atomic E-state index is 3.56. The number of hydrogen-bond donors (Lipinski definition) is 1. The molecule has 1 aromatic rings. The van der Waals surface area contributed by atoms with Crippen molar-refractivity contribution in [3.8, 4) is 0 Å². The fourth-order valence-corrected chi connectivity index (χ4v) is 2.97. The van der Waals surface area contributed by atoms with Gasteiger partial charge in [-0.3, -0.25) is 0 Å². The van der Waals surface area contributed by atoms with Gasteiger partial charge < -0.3 is 10.2 Å². The van der Waals surface area contributed by atoms with Gasteiger partial charge in [-0.25, -0.2) is 0 Å². The third kappa shape index (κ3) is 2.07. The van der Waals surface area contributed by atoms with Crippen molar-refractivity contribution in [1.29, 1.82) is 0 Å². The molecule has 0 aromatic heterocycles. The van der Waals surface area contributed by atoms with E-state index in [4.69, 9.17) is 0 Å². The molecule has 1 aromatic carbocycles. The standard InChI is InChI=1S/C14H20N2/c1-2-6-14-13(5-1)9-12(10-15-14)11-16-7-3-4-8-16/h1-2,5-6,12,15H,3-4,7-11H2. The zero-order chi connectivity index (χ0) is 10.8. The van der Waals surface area contributed by atoms with Gasteiger partial charge in [-0.1, -0.05) is 18.2 Å². The zero-order valence-corrected chi connectivity index (χ0v) is 9.78. The van der Waals surface area contributed by atoms with Gasteiger partial charge in [0.2, 0.25) is 0 Å². The monoisotopic (exact) mass is 216 g/mol. The molecule has 0 amide bonds. The summed E-state index contributed by atoms with van der Waals surface area (Å²) in [5.74, 6) is 0.799. The lowest BCUT2D eigenvalue weighted by atomic mass is 9.93. The van der Waals surface area contributed by atoms with Crippen LogP contribution in [-0.2, 0) is 6.42 Å². The van der Waals surface area contributed by atoms with Gasteiger partial charge in [-0.05, 0) is 49.9 Å². The third-order valence-corrected chi connectivity index (χ3v) is 3.82. The Balaban J connectivity index is 1.63. The summed E-state index contributed by atoms with van der Waals surface area (Å²) in [7, 11) is 0. The van der Waals surface area contributed by atoms with Gasteiger partial charge in [0.05, 0.1) is 0 Å². The van der Waals surface area contributed by atoms with E-state index in [2.05, 4.69) is 34.5 Å². The second-order valence-corrected chi connectivity index (χ2v) is 5.12. The van der Waals surface area contributed by atoms with Crippen LogP contribution in [0.5, 0.6) is 0 Å². The average molecular weight is 216 g/mol. The fourth-order valence-electron chi connectivity index (χ4n) is 2.97. The van der Waals surface area contributed by atoms with Crippen LogP contribution in [0.25, 0.3) is 0 Å². The normalized spacial score (nSPS) is 25.1. The fraction of sp³-hybridized carbons (Fsp3) is 0.571. The van der Waals surface area contributed by atoms with Gasteiger partial charge in [-0.2, -0.15) is 0 Å². The molecule has 0 bridgehead atoms. The van der Waals surface area contributed by atoms with Crippen molar-refractivity contribution >= 4 is 5.69 Å². The van der Waals surface area contributed by atoms with Crippen LogP contribution in [0.3, 0.4) is 0 Å². The lowest BCUT2D eigenvalue weighted by molar-refractivity contribution is 0.280. The van der Waals surface area contributed by atoms with Crippen molar-refractivity contribution in [3.05, 3.63) is 29.8 Å². The van der Waals surface area contributed by atoms with E-state index < -0.39 is 0 Å². The molecule has 1 fully saturated rings. The highest BCUT2D eigenvalue weighted by Crippen LogP contribution is 2.25. The molecule has 2 heteroatoms. The molecule has 1 saturated heterocycles. The van der Waals surface area contributed by atoms with E-state index in [1.54, 1.807) is 0 Å². The molecular formula is C14H20N2. The molecule has 0 radical (unpaired) electrons. The minimum atomic E-state index is 0.799. The summed E-state index contributed by atoms with van der Waals surface area (Å²) >= 11 is 0. The Labute approximate surface area is 97.6 Å². The molecule has 0 aliphatic carbocycles. The Morgan fingerprint density at radius 2 is 2.00 bits per heavy atom. The zero-order valence-electron chi connectivity index (χ0n) is 9.78. The second-order valence-electron chi connectivity index (χ2n) is 5.12. The first kappa shape index (κ1) is 10.2. The molecule has 2 aliphatic heterocycles. The Morgan fingerprint density at radius 3 is 2.88 bits per heavy atom. The highest BCUT2D eigenvalue weighted by atomic mass is 15.1. The van der Waals surface area contributed by atoms with Gasteiger partial charge in [0, 0.05) is 18.8 Å². The van der Waals surface area contributed by atoms with Crippen LogP contribution in [0.4, 0.5) is 5.69 Å². The smallest absolute Gasteiger partial charge is 0.0372 e. The van der Waals surface area contributed by atoms with Gasteiger partial charge in [0.1, 0.15) is 0 Å². The summed E-state index contributed by atoms with van der Waals surface area (Å²) < 4.78 is 0. The largest absolute Gasteiger partial charge is 0.384 e. The molecule has 0 spiro atoms. The molecule has 2 nitrogen and oxygen atoms in total. The first-order chi connectivity index (χ1) is 7.92. The summed E-state index contributed by atoms with van der Waals surface area (Å²) in [5, 5.41) is 3.56. The van der Waals surface area contributed by atoms with Crippen molar-refractivity contribution in [3.63, 3.8) is 0 Å². The van der Waals surface area contributed by atoms with Crippen LogP contribution < -0.4 is 5.32 Å². The van der Waals surface area contributed by atoms with Gasteiger partial charge in [-0.15, -0.1) is 0 Å². The third-order valence-electron chi connectivity index (χ3n) is 3.82. The van der Waals surface area contributed by atoms with Gasteiger partial charge in [0.15, 0.2) is 0 Å². The number of nitrogens with one attached hydrogen (secondary N) is 1. The molecule has 0 saturated carbocycles. The number of benzene rings is 1. The van der Waals surface area contributed by atoms with E-state index in [0.717, 1.165) is 12.5 Å². The second kappa shape index (κ2) is 4.46. The van der Waals surface area contributed by atoms with Crippen LogP contribution in [0, 0.1) is 5.92 Å². The summed E-state index contributed by atoms with van der Waals surface area (Å²) in [6.07, 6.45) is 4.05.